The molecule has 2 N–H and O–H groups in total. The quantitative estimate of drug-likeness (QED) is 0.341. The van der Waals surface area contributed by atoms with Crippen molar-refractivity contribution in [1.29, 1.82) is 0 Å². The van der Waals surface area contributed by atoms with Crippen molar-refractivity contribution >= 4 is 29.9 Å². The number of nitrogens with one attached hydrogen (secondary N) is 2. The maximum Gasteiger partial charge on any atom is 0.231 e. The Morgan fingerprint density at radius 3 is 2.63 bits per heavy atom. The van der Waals surface area contributed by atoms with Crippen molar-refractivity contribution in [3.63, 3.8) is 0 Å². The van der Waals surface area contributed by atoms with Gasteiger partial charge in [0.05, 0.1) is 6.61 Å². The van der Waals surface area contributed by atoms with E-state index in [4.69, 9.17) is 18.9 Å². The summed E-state index contributed by atoms with van der Waals surface area (Å²) in [5.41, 5.74) is 2.73. The van der Waals surface area contributed by atoms with Gasteiger partial charge in [0.2, 0.25) is 6.79 Å². The highest BCUT2D eigenvalue weighted by Crippen LogP contribution is 2.32. The highest BCUT2D eigenvalue weighted by molar-refractivity contribution is 14.0. The van der Waals surface area contributed by atoms with Crippen molar-refractivity contribution in [2.45, 2.75) is 19.4 Å². The molecule has 0 saturated carbocycles. The third-order valence-electron chi connectivity index (χ3n) is 4.81. The van der Waals surface area contributed by atoms with Crippen LogP contribution in [0.1, 0.15) is 16.7 Å². The van der Waals surface area contributed by atoms with E-state index in [1.807, 2.05) is 18.2 Å². The summed E-state index contributed by atoms with van der Waals surface area (Å²) in [6.07, 6.45) is 1.44. The molecule has 0 amide bonds. The lowest BCUT2D eigenvalue weighted by Gasteiger charge is -2.21. The van der Waals surface area contributed by atoms with Crippen molar-refractivity contribution in [2.24, 2.45) is 4.99 Å². The molecule has 0 spiro atoms. The second kappa shape index (κ2) is 10.7. The van der Waals surface area contributed by atoms with E-state index >= 15 is 0 Å². The lowest BCUT2D eigenvalue weighted by molar-refractivity contribution is -0.0172. The third-order valence-corrected chi connectivity index (χ3v) is 4.81. The van der Waals surface area contributed by atoms with Crippen LogP contribution in [0.15, 0.2) is 35.3 Å². The van der Waals surface area contributed by atoms with Gasteiger partial charge in [0.15, 0.2) is 24.3 Å². The summed E-state index contributed by atoms with van der Waals surface area (Å²) < 4.78 is 35.4. The minimum Gasteiger partial charge on any atom is -0.467 e. The van der Waals surface area contributed by atoms with Gasteiger partial charge in [-0.25, -0.2) is 4.39 Å². The van der Waals surface area contributed by atoms with Crippen molar-refractivity contribution in [1.82, 2.24) is 10.6 Å². The number of halogens is 2. The first-order valence-electron chi connectivity index (χ1n) is 9.58. The molecule has 0 aromatic heterocycles. The number of rotatable bonds is 6. The second-order valence-corrected chi connectivity index (χ2v) is 6.78. The number of hydrogen-bond donors (Lipinski definition) is 2. The number of nitrogens with zero attached hydrogens (tertiary/aromatic N) is 1. The Kier molecular flexibility index (Phi) is 7.97. The van der Waals surface area contributed by atoms with Gasteiger partial charge in [-0.05, 0) is 48.2 Å². The molecule has 2 aliphatic heterocycles. The van der Waals surface area contributed by atoms with Gasteiger partial charge in [-0.15, -0.1) is 24.0 Å². The molecule has 0 radical (unpaired) electrons. The first kappa shape index (κ1) is 22.4. The molecule has 0 aliphatic carbocycles. The van der Waals surface area contributed by atoms with Crippen LogP contribution in [0, 0.1) is 5.82 Å². The Balaban J connectivity index is 0.00000256. The molecule has 0 bridgehead atoms. The fraction of sp³-hybridized carbons (Fsp3) is 0.381. The van der Waals surface area contributed by atoms with Gasteiger partial charge in [0.1, 0.15) is 11.6 Å². The minimum atomic E-state index is -0.279. The molecule has 0 fully saturated rings. The van der Waals surface area contributed by atoms with Crippen LogP contribution in [0.4, 0.5) is 4.39 Å². The second-order valence-electron chi connectivity index (χ2n) is 6.78. The Bertz CT molecular complexity index is 910. The molecule has 2 aromatic carbocycles. The van der Waals surface area contributed by atoms with E-state index in [1.54, 1.807) is 7.05 Å². The Morgan fingerprint density at radius 2 is 1.80 bits per heavy atom. The fourth-order valence-corrected chi connectivity index (χ4v) is 3.40. The molecular formula is C21H25FIN3O4. The summed E-state index contributed by atoms with van der Waals surface area (Å²) in [7, 11) is 1.72. The van der Waals surface area contributed by atoms with Gasteiger partial charge in [0, 0.05) is 25.7 Å². The number of hydrogen-bond acceptors (Lipinski definition) is 5. The van der Waals surface area contributed by atoms with Gasteiger partial charge in [-0.2, -0.15) is 0 Å². The Labute approximate surface area is 192 Å². The van der Waals surface area contributed by atoms with Crippen molar-refractivity contribution < 1.29 is 23.3 Å². The van der Waals surface area contributed by atoms with Crippen LogP contribution in [0.3, 0.4) is 0 Å². The zero-order chi connectivity index (χ0) is 20.1. The lowest BCUT2D eigenvalue weighted by atomic mass is 10.1. The molecule has 2 heterocycles. The van der Waals surface area contributed by atoms with E-state index in [1.165, 1.54) is 12.1 Å². The number of benzene rings is 2. The van der Waals surface area contributed by atoms with Crippen molar-refractivity contribution in [3.05, 3.63) is 52.8 Å². The summed E-state index contributed by atoms with van der Waals surface area (Å²) in [5.74, 6) is 2.72. The number of aliphatic imine (C=N–C) groups is 1. The van der Waals surface area contributed by atoms with E-state index in [0.29, 0.717) is 25.5 Å². The van der Waals surface area contributed by atoms with Crippen molar-refractivity contribution in [2.75, 3.05) is 33.7 Å². The molecule has 4 rings (SSSR count). The largest absolute Gasteiger partial charge is 0.467 e. The Hall–Kier alpha value is -2.27. The van der Waals surface area contributed by atoms with Gasteiger partial charge in [-0.3, -0.25) is 4.99 Å². The molecular weight excluding hydrogens is 504 g/mol. The monoisotopic (exact) mass is 529 g/mol. The molecule has 2 aliphatic rings. The predicted molar refractivity (Wildman–Crippen MR) is 121 cm³/mol. The maximum atomic E-state index is 13.8. The van der Waals surface area contributed by atoms with Crippen LogP contribution in [0.25, 0.3) is 0 Å². The number of guanidine groups is 1. The van der Waals surface area contributed by atoms with E-state index in [2.05, 4.69) is 15.6 Å². The number of fused-ring (bicyclic) bond motifs is 2. The number of ether oxygens (including phenoxy) is 4. The van der Waals surface area contributed by atoms with E-state index in [9.17, 15) is 4.39 Å². The maximum absolute atomic E-state index is 13.8. The molecule has 0 atom stereocenters. The van der Waals surface area contributed by atoms with Crippen LogP contribution >= 0.6 is 24.0 Å². The summed E-state index contributed by atoms with van der Waals surface area (Å²) in [4.78, 5) is 4.24. The topological polar surface area (TPSA) is 73.3 Å². The van der Waals surface area contributed by atoms with Crippen molar-refractivity contribution in [3.8, 4) is 17.2 Å². The average Bonchev–Trinajstić information content (AvgIpc) is 3.20. The summed E-state index contributed by atoms with van der Waals surface area (Å²) in [6.45, 7) is 2.16. The zero-order valence-electron chi connectivity index (χ0n) is 16.7. The van der Waals surface area contributed by atoms with Gasteiger partial charge in [0.25, 0.3) is 0 Å². The van der Waals surface area contributed by atoms with Crippen LogP contribution < -0.4 is 24.8 Å². The highest BCUT2D eigenvalue weighted by atomic mass is 127. The average molecular weight is 529 g/mol. The molecule has 0 saturated heterocycles. The lowest BCUT2D eigenvalue weighted by Crippen LogP contribution is -2.39. The van der Waals surface area contributed by atoms with Crippen LogP contribution in [-0.4, -0.2) is 39.7 Å². The molecule has 7 nitrogen and oxygen atoms in total. The smallest absolute Gasteiger partial charge is 0.231 e. The van der Waals surface area contributed by atoms with Crippen LogP contribution in [-0.2, 0) is 24.2 Å². The summed E-state index contributed by atoms with van der Waals surface area (Å²) in [5, 5.41) is 6.54. The zero-order valence-corrected chi connectivity index (χ0v) is 19.0. The summed E-state index contributed by atoms with van der Waals surface area (Å²) >= 11 is 0. The molecule has 30 heavy (non-hydrogen) atoms. The standard InChI is InChI=1S/C21H24FN3O4.HI/c1-23-21(24-6-4-14-2-3-18-19(8-14)28-13-27-18)25-7-5-15-9-17(22)10-16-11-26-12-29-20(15)16;/h2-3,8-10H,4-7,11-13H2,1H3,(H2,23,24,25);1H. The van der Waals surface area contributed by atoms with Gasteiger partial charge < -0.3 is 29.6 Å². The van der Waals surface area contributed by atoms with E-state index < -0.39 is 0 Å². The SMILES string of the molecule is CN=C(NCCc1ccc2c(c1)OCO2)NCCc1cc(F)cc2c1OCOC2.I. The normalized spacial score (nSPS) is 14.4. The first-order chi connectivity index (χ1) is 14.2. The summed E-state index contributed by atoms with van der Waals surface area (Å²) in [6, 6.07) is 8.93. The van der Waals surface area contributed by atoms with Gasteiger partial charge in [-0.1, -0.05) is 6.07 Å². The van der Waals surface area contributed by atoms with Crippen LogP contribution in [0.2, 0.25) is 0 Å². The van der Waals surface area contributed by atoms with Gasteiger partial charge >= 0.3 is 0 Å². The molecule has 0 unspecified atom stereocenters. The minimum absolute atomic E-state index is 0. The molecule has 2 aromatic rings. The molecule has 162 valence electrons. The Morgan fingerprint density at radius 1 is 1.00 bits per heavy atom. The first-order valence-corrected chi connectivity index (χ1v) is 9.58. The van der Waals surface area contributed by atoms with Crippen LogP contribution in [0.5, 0.6) is 17.2 Å². The predicted octanol–water partition coefficient (Wildman–Crippen LogP) is 2.99. The van der Waals surface area contributed by atoms with E-state index in [-0.39, 0.29) is 43.4 Å². The molecule has 9 heteroatoms. The fourth-order valence-electron chi connectivity index (χ4n) is 3.40. The highest BCUT2D eigenvalue weighted by Gasteiger charge is 2.17. The third kappa shape index (κ3) is 5.45. The van der Waals surface area contributed by atoms with E-state index in [0.717, 1.165) is 46.9 Å².